The quantitative estimate of drug-likeness (QED) is 0.372. The van der Waals surface area contributed by atoms with Gasteiger partial charge in [0, 0.05) is 9.47 Å². The van der Waals surface area contributed by atoms with Gasteiger partial charge >= 0.3 is 0 Å². The molecular formula is C20H20O3P2. The van der Waals surface area contributed by atoms with Crippen LogP contribution in [0.4, 0.5) is 0 Å². The normalized spacial score (nSPS) is 11.1. The van der Waals surface area contributed by atoms with Crippen molar-refractivity contribution in [1.82, 2.24) is 0 Å². The third kappa shape index (κ3) is 5.11. The maximum Gasteiger partial charge on any atom is 0.215 e. The van der Waals surface area contributed by atoms with Crippen LogP contribution in [0.2, 0.25) is 0 Å². The first-order valence-electron chi connectivity index (χ1n) is 7.95. The minimum absolute atomic E-state index is 0.0412. The summed E-state index contributed by atoms with van der Waals surface area (Å²) in [6.45, 7) is 1.05. The molecule has 0 radical (unpaired) electrons. The summed E-state index contributed by atoms with van der Waals surface area (Å²) in [6, 6.07) is 26.2. The molecule has 0 aliphatic rings. The Labute approximate surface area is 152 Å². The predicted molar refractivity (Wildman–Crippen MR) is 107 cm³/mol. The summed E-state index contributed by atoms with van der Waals surface area (Å²) in [4.78, 5) is 0. The molecular weight excluding hydrogens is 350 g/mol. The summed E-state index contributed by atoms with van der Waals surface area (Å²) in [6.07, 6.45) is 0. The van der Waals surface area contributed by atoms with Crippen LogP contribution in [-0.4, -0.2) is 0 Å². The average Bonchev–Trinajstić information content (AvgIpc) is 2.67. The summed E-state index contributed by atoms with van der Waals surface area (Å²) < 4.78 is 16.6. The van der Waals surface area contributed by atoms with E-state index in [1.54, 1.807) is 0 Å². The number of para-hydroxylation sites is 1. The molecule has 0 fully saturated rings. The van der Waals surface area contributed by atoms with Crippen LogP contribution in [0.25, 0.3) is 11.1 Å². The van der Waals surface area contributed by atoms with E-state index in [1.165, 1.54) is 0 Å². The van der Waals surface area contributed by atoms with Crippen LogP contribution in [0.5, 0.6) is 5.75 Å². The molecule has 0 bridgehead atoms. The number of benzene rings is 3. The van der Waals surface area contributed by atoms with Gasteiger partial charge in [0.05, 0.1) is 13.2 Å². The summed E-state index contributed by atoms with van der Waals surface area (Å²) in [5.41, 5.74) is 4.59. The zero-order valence-electron chi connectivity index (χ0n) is 13.7. The largest absolute Gasteiger partial charge is 0.450 e. The van der Waals surface area contributed by atoms with Crippen molar-refractivity contribution in [2.45, 2.75) is 13.2 Å². The van der Waals surface area contributed by atoms with Gasteiger partial charge in [-0.3, -0.25) is 0 Å². The third-order valence-electron chi connectivity index (χ3n) is 3.75. The highest BCUT2D eigenvalue weighted by atomic mass is 31.1. The van der Waals surface area contributed by atoms with Crippen molar-refractivity contribution in [2.75, 3.05) is 0 Å². The van der Waals surface area contributed by atoms with Crippen molar-refractivity contribution >= 4 is 18.5 Å². The van der Waals surface area contributed by atoms with Crippen molar-refractivity contribution in [2.24, 2.45) is 0 Å². The predicted octanol–water partition coefficient (Wildman–Crippen LogP) is 5.76. The van der Waals surface area contributed by atoms with Gasteiger partial charge in [-0.2, -0.15) is 0 Å². The van der Waals surface area contributed by atoms with Gasteiger partial charge in [0.2, 0.25) is 9.03 Å². The first-order chi connectivity index (χ1) is 12.4. The van der Waals surface area contributed by atoms with Gasteiger partial charge in [-0.1, -0.05) is 66.7 Å². The fourth-order valence-corrected chi connectivity index (χ4v) is 3.27. The Balaban J connectivity index is 1.69. The van der Waals surface area contributed by atoms with E-state index < -0.39 is 0 Å². The Hall–Kier alpha value is -1.76. The minimum Gasteiger partial charge on any atom is -0.450 e. The molecule has 25 heavy (non-hydrogen) atoms. The molecule has 3 rings (SSSR count). The molecule has 0 heterocycles. The number of hydrogen-bond donors (Lipinski definition) is 0. The van der Waals surface area contributed by atoms with Crippen LogP contribution < -0.4 is 4.52 Å². The smallest absolute Gasteiger partial charge is 0.215 e. The fourth-order valence-electron chi connectivity index (χ4n) is 2.58. The highest BCUT2D eigenvalue weighted by Crippen LogP contribution is 2.30. The van der Waals surface area contributed by atoms with Crippen LogP contribution in [0.1, 0.15) is 11.1 Å². The summed E-state index contributed by atoms with van der Waals surface area (Å²) in [5, 5.41) is 0. The van der Waals surface area contributed by atoms with Crippen LogP contribution in [0.15, 0.2) is 78.9 Å². The van der Waals surface area contributed by atoms with Crippen LogP contribution in [0.3, 0.4) is 0 Å². The molecule has 0 aliphatic heterocycles. The van der Waals surface area contributed by atoms with Gasteiger partial charge in [0.15, 0.2) is 0 Å². The second-order valence-corrected chi connectivity index (χ2v) is 6.41. The van der Waals surface area contributed by atoms with Gasteiger partial charge in [-0.05, 0) is 34.4 Å². The molecule has 3 aromatic carbocycles. The molecule has 5 heteroatoms. The average molecular weight is 370 g/mol. The lowest BCUT2D eigenvalue weighted by Crippen LogP contribution is -1.95. The Bertz CT molecular complexity index is 794. The third-order valence-corrected chi connectivity index (χ3v) is 4.50. The molecule has 0 N–H and O–H groups in total. The van der Waals surface area contributed by atoms with Gasteiger partial charge in [-0.25, -0.2) is 0 Å². The fraction of sp³-hybridized carbons (Fsp3) is 0.100. The molecule has 3 aromatic rings. The molecule has 0 aliphatic carbocycles. The topological polar surface area (TPSA) is 27.7 Å². The molecule has 2 unspecified atom stereocenters. The second-order valence-electron chi connectivity index (χ2n) is 5.41. The van der Waals surface area contributed by atoms with Crippen molar-refractivity contribution < 1.29 is 13.6 Å². The zero-order chi connectivity index (χ0) is 17.3. The zero-order valence-corrected chi connectivity index (χ0v) is 15.9. The Morgan fingerprint density at radius 2 is 1.24 bits per heavy atom. The maximum absolute atomic E-state index is 5.76. The van der Waals surface area contributed by atoms with E-state index in [0.29, 0.717) is 13.2 Å². The van der Waals surface area contributed by atoms with Gasteiger partial charge < -0.3 is 13.6 Å². The minimum atomic E-state index is -0.0412. The summed E-state index contributed by atoms with van der Waals surface area (Å²) >= 11 is 0. The number of rotatable bonds is 8. The van der Waals surface area contributed by atoms with E-state index in [1.807, 2.05) is 54.6 Å². The first kappa shape index (κ1) is 18.0. The Morgan fingerprint density at radius 1 is 0.680 bits per heavy atom. The summed E-state index contributed by atoms with van der Waals surface area (Å²) in [7, 11) is 2.27. The highest BCUT2D eigenvalue weighted by molar-refractivity contribution is 7.26. The van der Waals surface area contributed by atoms with Gasteiger partial charge in [0.1, 0.15) is 5.75 Å². The summed E-state index contributed by atoms with van der Waals surface area (Å²) in [5.74, 6) is 0.817. The van der Waals surface area contributed by atoms with Crippen LogP contribution in [-0.2, 0) is 22.3 Å². The Kier molecular flexibility index (Phi) is 6.97. The van der Waals surface area contributed by atoms with Gasteiger partial charge in [-0.15, -0.1) is 0 Å². The highest BCUT2D eigenvalue weighted by Gasteiger charge is 2.09. The molecule has 0 aromatic heterocycles. The van der Waals surface area contributed by atoms with Crippen molar-refractivity contribution in [3.05, 3.63) is 90.0 Å². The van der Waals surface area contributed by atoms with E-state index in [4.69, 9.17) is 13.6 Å². The van der Waals surface area contributed by atoms with Crippen molar-refractivity contribution in [3.63, 3.8) is 0 Å². The maximum atomic E-state index is 5.76. The van der Waals surface area contributed by atoms with Crippen molar-refractivity contribution in [3.8, 4) is 16.9 Å². The second kappa shape index (κ2) is 9.65. The lowest BCUT2D eigenvalue weighted by Gasteiger charge is -2.14. The molecule has 128 valence electrons. The van der Waals surface area contributed by atoms with Crippen molar-refractivity contribution in [1.29, 1.82) is 0 Å². The molecule has 0 saturated carbocycles. The number of hydrogen-bond acceptors (Lipinski definition) is 3. The standard InChI is InChI=1S/C20H20O3P2/c24-21-14-16-8-4-6-12-19(16)20-13-7-5-9-17(20)15-22-25-23-18-10-2-1-3-11-18/h1-13,25H,14-15,24H2. The van der Waals surface area contributed by atoms with E-state index in [9.17, 15) is 0 Å². The lowest BCUT2D eigenvalue weighted by atomic mass is 9.96. The van der Waals surface area contributed by atoms with E-state index >= 15 is 0 Å². The molecule has 0 saturated heterocycles. The molecule has 3 nitrogen and oxygen atoms in total. The van der Waals surface area contributed by atoms with E-state index in [-0.39, 0.29) is 9.03 Å². The van der Waals surface area contributed by atoms with Crippen LogP contribution in [0, 0.1) is 0 Å². The molecule has 2 atom stereocenters. The first-order valence-corrected chi connectivity index (χ1v) is 9.24. The van der Waals surface area contributed by atoms with Gasteiger partial charge in [0.25, 0.3) is 0 Å². The van der Waals surface area contributed by atoms with E-state index in [2.05, 4.69) is 33.7 Å². The lowest BCUT2D eigenvalue weighted by molar-refractivity contribution is 0.319. The SMILES string of the molecule is POCc1ccccc1-c1ccccc1COPOc1ccccc1. The Morgan fingerprint density at radius 3 is 1.88 bits per heavy atom. The van der Waals surface area contributed by atoms with E-state index in [0.717, 1.165) is 28.0 Å². The molecule has 0 amide bonds. The monoisotopic (exact) mass is 370 g/mol. The van der Waals surface area contributed by atoms with Crippen LogP contribution >= 0.6 is 18.5 Å². The molecule has 0 spiro atoms.